The van der Waals surface area contributed by atoms with Crippen molar-refractivity contribution in [2.45, 2.75) is 25.7 Å². The molecule has 1 aliphatic heterocycles. The molecule has 0 saturated carbocycles. The predicted octanol–water partition coefficient (Wildman–Crippen LogP) is 3.20. The summed E-state index contributed by atoms with van der Waals surface area (Å²) in [7, 11) is 1.65. The van der Waals surface area contributed by atoms with E-state index in [9.17, 15) is 4.79 Å². The Labute approximate surface area is 163 Å². The number of amides is 1. The SMILES string of the molecule is COc1cccc(-c2cncc(C3CCCN(C(=O)c4cn[nH]c4C)C3)n2)c1. The molecule has 0 spiro atoms. The number of carbonyl (C=O) groups is 1. The summed E-state index contributed by atoms with van der Waals surface area (Å²) in [6.07, 6.45) is 7.11. The normalized spacial score (nSPS) is 16.8. The number of methoxy groups -OCH3 is 1. The van der Waals surface area contributed by atoms with Crippen LogP contribution in [0, 0.1) is 6.92 Å². The fourth-order valence-electron chi connectivity index (χ4n) is 3.64. The van der Waals surface area contributed by atoms with E-state index in [2.05, 4.69) is 15.2 Å². The van der Waals surface area contributed by atoms with Crippen LogP contribution < -0.4 is 4.74 Å². The Bertz CT molecular complexity index is 984. The van der Waals surface area contributed by atoms with Gasteiger partial charge in [0, 0.05) is 36.5 Å². The van der Waals surface area contributed by atoms with Crippen molar-refractivity contribution in [2.24, 2.45) is 0 Å². The third-order valence-electron chi connectivity index (χ3n) is 5.21. The Morgan fingerprint density at radius 1 is 1.29 bits per heavy atom. The third-order valence-corrected chi connectivity index (χ3v) is 5.21. The van der Waals surface area contributed by atoms with E-state index in [0.717, 1.165) is 47.8 Å². The minimum absolute atomic E-state index is 0.0212. The molecule has 3 aromatic rings. The lowest BCUT2D eigenvalue weighted by Crippen LogP contribution is -2.39. The smallest absolute Gasteiger partial charge is 0.257 e. The molecular formula is C21H23N5O2. The Morgan fingerprint density at radius 3 is 2.96 bits per heavy atom. The standard InChI is InChI=1S/C21H23N5O2/c1-14-18(10-23-25-14)21(27)26-8-4-6-16(13-26)20-12-22-11-19(24-20)15-5-3-7-17(9-15)28-2/h3,5,7,9-12,16H,4,6,8,13H2,1-2H3,(H,23,25). The van der Waals surface area contributed by atoms with Crippen molar-refractivity contribution in [3.63, 3.8) is 0 Å². The van der Waals surface area contributed by atoms with Gasteiger partial charge in [-0.3, -0.25) is 14.9 Å². The quantitative estimate of drug-likeness (QED) is 0.755. The molecule has 4 rings (SSSR count). The number of nitrogens with one attached hydrogen (secondary N) is 1. The van der Waals surface area contributed by atoms with Crippen LogP contribution in [0.15, 0.2) is 42.9 Å². The van der Waals surface area contributed by atoms with Gasteiger partial charge < -0.3 is 9.64 Å². The molecular weight excluding hydrogens is 354 g/mol. The highest BCUT2D eigenvalue weighted by atomic mass is 16.5. The highest BCUT2D eigenvalue weighted by Crippen LogP contribution is 2.29. The van der Waals surface area contributed by atoms with Crippen LogP contribution in [0.5, 0.6) is 5.75 Å². The number of ether oxygens (including phenoxy) is 1. The Morgan fingerprint density at radius 2 is 2.18 bits per heavy atom. The average Bonchev–Trinajstić information content (AvgIpc) is 3.19. The van der Waals surface area contributed by atoms with Crippen LogP contribution in [0.3, 0.4) is 0 Å². The number of benzene rings is 1. The number of aromatic nitrogens is 4. The molecule has 1 unspecified atom stereocenters. The molecule has 1 fully saturated rings. The Kier molecular flexibility index (Phi) is 5.06. The average molecular weight is 377 g/mol. The van der Waals surface area contributed by atoms with Crippen molar-refractivity contribution in [2.75, 3.05) is 20.2 Å². The second-order valence-corrected chi connectivity index (χ2v) is 7.06. The van der Waals surface area contributed by atoms with Crippen LogP contribution in [-0.4, -0.2) is 51.2 Å². The Hall–Kier alpha value is -3.22. The number of nitrogens with zero attached hydrogens (tertiary/aromatic N) is 4. The molecule has 1 amide bonds. The van der Waals surface area contributed by atoms with E-state index >= 15 is 0 Å². The maximum atomic E-state index is 12.8. The van der Waals surface area contributed by atoms with Crippen molar-refractivity contribution in [3.05, 3.63) is 59.8 Å². The highest BCUT2D eigenvalue weighted by molar-refractivity contribution is 5.95. The number of hydrogen-bond donors (Lipinski definition) is 1. The first-order valence-electron chi connectivity index (χ1n) is 9.41. The predicted molar refractivity (Wildman–Crippen MR) is 105 cm³/mol. The van der Waals surface area contributed by atoms with Crippen molar-refractivity contribution >= 4 is 5.91 Å². The number of aryl methyl sites for hydroxylation is 1. The van der Waals surface area contributed by atoms with Gasteiger partial charge in [-0.2, -0.15) is 5.10 Å². The van der Waals surface area contributed by atoms with Crippen molar-refractivity contribution in [1.29, 1.82) is 0 Å². The molecule has 0 bridgehead atoms. The van der Waals surface area contributed by atoms with E-state index in [1.807, 2.05) is 42.3 Å². The first-order chi connectivity index (χ1) is 13.7. The van der Waals surface area contributed by atoms with Crippen molar-refractivity contribution in [3.8, 4) is 17.0 Å². The molecule has 1 saturated heterocycles. The lowest BCUT2D eigenvalue weighted by molar-refractivity contribution is 0.0705. The molecule has 1 aromatic carbocycles. The van der Waals surface area contributed by atoms with Crippen LogP contribution in [0.2, 0.25) is 0 Å². The van der Waals surface area contributed by atoms with E-state index in [4.69, 9.17) is 9.72 Å². The van der Waals surface area contributed by atoms with Crippen LogP contribution in [0.25, 0.3) is 11.3 Å². The van der Waals surface area contributed by atoms with E-state index in [1.54, 1.807) is 19.5 Å². The van der Waals surface area contributed by atoms with Crippen LogP contribution in [0.4, 0.5) is 0 Å². The molecule has 1 atom stereocenters. The fourth-order valence-corrected chi connectivity index (χ4v) is 3.64. The molecule has 7 heteroatoms. The summed E-state index contributed by atoms with van der Waals surface area (Å²) in [5.74, 6) is 0.977. The molecule has 1 aliphatic rings. The van der Waals surface area contributed by atoms with Gasteiger partial charge >= 0.3 is 0 Å². The lowest BCUT2D eigenvalue weighted by Gasteiger charge is -2.32. The summed E-state index contributed by atoms with van der Waals surface area (Å²) in [6, 6.07) is 7.79. The van der Waals surface area contributed by atoms with Gasteiger partial charge in [-0.1, -0.05) is 12.1 Å². The number of piperidine rings is 1. The second kappa shape index (κ2) is 7.80. The summed E-state index contributed by atoms with van der Waals surface area (Å²) in [5, 5.41) is 6.81. The summed E-state index contributed by atoms with van der Waals surface area (Å²) in [5.41, 5.74) is 4.13. The maximum Gasteiger partial charge on any atom is 0.257 e. The van der Waals surface area contributed by atoms with E-state index in [1.165, 1.54) is 0 Å². The van der Waals surface area contributed by atoms with Crippen molar-refractivity contribution in [1.82, 2.24) is 25.1 Å². The first kappa shape index (κ1) is 18.2. The van der Waals surface area contributed by atoms with E-state index in [-0.39, 0.29) is 11.8 Å². The van der Waals surface area contributed by atoms with Gasteiger partial charge in [-0.25, -0.2) is 4.98 Å². The van der Waals surface area contributed by atoms with Gasteiger partial charge in [-0.15, -0.1) is 0 Å². The maximum absolute atomic E-state index is 12.8. The number of rotatable bonds is 4. The van der Waals surface area contributed by atoms with Crippen LogP contribution in [0.1, 0.15) is 40.5 Å². The molecule has 2 aromatic heterocycles. The zero-order valence-electron chi connectivity index (χ0n) is 16.1. The highest BCUT2D eigenvalue weighted by Gasteiger charge is 2.28. The zero-order chi connectivity index (χ0) is 19.5. The number of aromatic amines is 1. The number of likely N-dealkylation sites (tertiary alicyclic amines) is 1. The molecule has 7 nitrogen and oxygen atoms in total. The Balaban J connectivity index is 1.55. The summed E-state index contributed by atoms with van der Waals surface area (Å²) in [6.45, 7) is 3.26. The summed E-state index contributed by atoms with van der Waals surface area (Å²) >= 11 is 0. The summed E-state index contributed by atoms with van der Waals surface area (Å²) < 4.78 is 5.31. The van der Waals surface area contributed by atoms with Gasteiger partial charge in [0.25, 0.3) is 5.91 Å². The van der Waals surface area contributed by atoms with Crippen molar-refractivity contribution < 1.29 is 9.53 Å². The topological polar surface area (TPSA) is 84.0 Å². The molecule has 28 heavy (non-hydrogen) atoms. The lowest BCUT2D eigenvalue weighted by atomic mass is 9.94. The number of carbonyl (C=O) groups excluding carboxylic acids is 1. The minimum atomic E-state index is 0.0212. The summed E-state index contributed by atoms with van der Waals surface area (Å²) in [4.78, 5) is 24.0. The molecule has 1 N–H and O–H groups in total. The van der Waals surface area contributed by atoms with E-state index < -0.39 is 0 Å². The number of H-pyrrole nitrogens is 1. The van der Waals surface area contributed by atoms with Crippen LogP contribution >= 0.6 is 0 Å². The number of hydrogen-bond acceptors (Lipinski definition) is 5. The van der Waals surface area contributed by atoms with Crippen LogP contribution in [-0.2, 0) is 0 Å². The first-order valence-corrected chi connectivity index (χ1v) is 9.41. The molecule has 144 valence electrons. The van der Waals surface area contributed by atoms with Gasteiger partial charge in [0.15, 0.2) is 0 Å². The van der Waals surface area contributed by atoms with Gasteiger partial charge in [-0.05, 0) is 31.9 Å². The largest absolute Gasteiger partial charge is 0.497 e. The fraction of sp³-hybridized carbons (Fsp3) is 0.333. The van der Waals surface area contributed by atoms with E-state index in [0.29, 0.717) is 12.1 Å². The van der Waals surface area contributed by atoms with Gasteiger partial charge in [0.1, 0.15) is 5.75 Å². The molecule has 3 heterocycles. The third kappa shape index (κ3) is 3.60. The van der Waals surface area contributed by atoms with Gasteiger partial charge in [0.2, 0.25) is 0 Å². The molecule has 0 aliphatic carbocycles. The molecule has 0 radical (unpaired) electrons. The zero-order valence-corrected chi connectivity index (χ0v) is 16.1. The second-order valence-electron chi connectivity index (χ2n) is 7.06. The van der Waals surface area contributed by atoms with Gasteiger partial charge in [0.05, 0.1) is 36.5 Å². The minimum Gasteiger partial charge on any atom is -0.497 e. The monoisotopic (exact) mass is 377 g/mol.